The van der Waals surface area contributed by atoms with Crippen molar-refractivity contribution in [2.75, 3.05) is 6.61 Å². The monoisotopic (exact) mass is 427 g/mol. The molecule has 1 aliphatic carbocycles. The van der Waals surface area contributed by atoms with Crippen molar-refractivity contribution in [3.05, 3.63) is 64.2 Å². The number of phenolic OH excluding ortho intramolecular Hbond substituents is 1. The summed E-state index contributed by atoms with van der Waals surface area (Å²) in [6, 6.07) is 12.5. The smallest absolute Gasteiger partial charge is 0.226 e. The van der Waals surface area contributed by atoms with Gasteiger partial charge in [0.25, 0.3) is 0 Å². The van der Waals surface area contributed by atoms with E-state index in [4.69, 9.17) is 4.74 Å². The molecular weight excluding hydrogens is 402 g/mol. The number of rotatable bonds is 5. The van der Waals surface area contributed by atoms with Crippen LogP contribution in [0.15, 0.2) is 36.4 Å². The van der Waals surface area contributed by atoms with E-state index in [1.807, 2.05) is 30.3 Å². The molecule has 0 spiro atoms. The second kappa shape index (κ2) is 8.20. The Morgan fingerprint density at radius 2 is 1.74 bits per heavy atom. The fourth-order valence-corrected chi connectivity index (χ4v) is 4.09. The fraction of sp³-hybridized carbons (Fsp3) is 0.435. The zero-order chi connectivity index (χ0) is 22.3. The molecule has 1 aliphatic heterocycles. The van der Waals surface area contributed by atoms with Gasteiger partial charge in [-0.3, -0.25) is 0 Å². The van der Waals surface area contributed by atoms with Gasteiger partial charge in [0.05, 0.1) is 23.8 Å². The Labute approximate surface area is 179 Å². The van der Waals surface area contributed by atoms with Crippen LogP contribution < -0.4 is 0 Å². The molecule has 6 N–H and O–H groups in total. The van der Waals surface area contributed by atoms with Crippen molar-refractivity contribution in [3.8, 4) is 11.8 Å². The molecule has 1 heterocycles. The van der Waals surface area contributed by atoms with Crippen LogP contribution in [-0.2, 0) is 16.9 Å². The van der Waals surface area contributed by atoms with Crippen LogP contribution in [0.1, 0.15) is 46.6 Å². The van der Waals surface area contributed by atoms with Gasteiger partial charge in [-0.2, -0.15) is 5.26 Å². The quantitative estimate of drug-likeness (QED) is 0.399. The van der Waals surface area contributed by atoms with E-state index in [0.29, 0.717) is 17.9 Å². The van der Waals surface area contributed by atoms with E-state index in [0.717, 1.165) is 11.6 Å². The number of hydrogen-bond acceptors (Lipinski definition) is 8. The maximum Gasteiger partial charge on any atom is 0.226 e. The third-order valence-electron chi connectivity index (χ3n) is 6.12. The van der Waals surface area contributed by atoms with Crippen molar-refractivity contribution in [1.82, 2.24) is 0 Å². The minimum atomic E-state index is -2.60. The SMILES string of the molecule is N#Cc1cc(O)c([C@@]2(O)O[C@H](CO)[C@@H](O)[C@H](O)[C@H]2O)cc1Cc1ccc(C2CC2)cc1. The van der Waals surface area contributed by atoms with Crippen molar-refractivity contribution in [2.45, 2.75) is 55.4 Å². The van der Waals surface area contributed by atoms with E-state index >= 15 is 0 Å². The van der Waals surface area contributed by atoms with E-state index in [9.17, 15) is 35.9 Å². The predicted octanol–water partition coefficient (Wildman–Crippen LogP) is 0.351. The molecule has 2 aromatic carbocycles. The van der Waals surface area contributed by atoms with Gasteiger partial charge in [-0.25, -0.2) is 0 Å². The number of ether oxygens (including phenoxy) is 1. The Morgan fingerprint density at radius 3 is 2.32 bits per heavy atom. The van der Waals surface area contributed by atoms with Crippen LogP contribution in [0.25, 0.3) is 0 Å². The van der Waals surface area contributed by atoms with Crippen LogP contribution in [-0.4, -0.2) is 61.7 Å². The number of aliphatic hydroxyl groups is 5. The second-order valence-corrected chi connectivity index (χ2v) is 8.29. The molecule has 1 saturated heterocycles. The van der Waals surface area contributed by atoms with Gasteiger partial charge in [-0.1, -0.05) is 24.3 Å². The van der Waals surface area contributed by atoms with Crippen molar-refractivity contribution in [3.63, 3.8) is 0 Å². The molecule has 4 rings (SSSR count). The molecule has 0 amide bonds. The van der Waals surface area contributed by atoms with Crippen molar-refractivity contribution >= 4 is 0 Å². The number of nitriles is 1. The molecule has 5 atom stereocenters. The maximum atomic E-state index is 11.0. The summed E-state index contributed by atoms with van der Waals surface area (Å²) in [4.78, 5) is 0. The molecule has 0 unspecified atom stereocenters. The lowest BCUT2D eigenvalue weighted by atomic mass is 9.85. The van der Waals surface area contributed by atoms with Gasteiger partial charge in [0, 0.05) is 0 Å². The van der Waals surface area contributed by atoms with Gasteiger partial charge in [-0.15, -0.1) is 0 Å². The standard InChI is InChI=1S/C23H25NO7/c24-10-16-9-18(26)17(23(30)22(29)21(28)20(27)19(11-25)31-23)8-15(16)7-12-1-3-13(4-2-12)14-5-6-14/h1-4,8-9,14,19-22,25-30H,5-7,11H2/t19-,20-,21+,22-,23-/m1/s1. The van der Waals surface area contributed by atoms with E-state index in [1.165, 1.54) is 24.5 Å². The maximum absolute atomic E-state index is 11.0. The summed E-state index contributed by atoms with van der Waals surface area (Å²) < 4.78 is 5.32. The van der Waals surface area contributed by atoms with Gasteiger partial charge in [0.1, 0.15) is 30.2 Å². The zero-order valence-electron chi connectivity index (χ0n) is 16.7. The molecule has 0 bridgehead atoms. The van der Waals surface area contributed by atoms with E-state index in [-0.39, 0.29) is 11.1 Å². The lowest BCUT2D eigenvalue weighted by Gasteiger charge is -2.45. The van der Waals surface area contributed by atoms with Crippen molar-refractivity contribution < 1.29 is 35.4 Å². The van der Waals surface area contributed by atoms with Gasteiger partial charge >= 0.3 is 0 Å². The van der Waals surface area contributed by atoms with Gasteiger partial charge < -0.3 is 35.4 Å². The molecule has 0 radical (unpaired) electrons. The molecule has 0 aromatic heterocycles. The Morgan fingerprint density at radius 1 is 1.06 bits per heavy atom. The minimum absolute atomic E-state index is 0.181. The summed E-state index contributed by atoms with van der Waals surface area (Å²) in [7, 11) is 0. The van der Waals surface area contributed by atoms with Crippen LogP contribution in [0.3, 0.4) is 0 Å². The number of phenols is 1. The third-order valence-corrected chi connectivity index (χ3v) is 6.12. The molecular formula is C23H25NO7. The highest BCUT2D eigenvalue weighted by atomic mass is 16.7. The number of aromatic hydroxyl groups is 1. The second-order valence-electron chi connectivity index (χ2n) is 8.29. The Kier molecular flexibility index (Phi) is 5.75. The summed E-state index contributed by atoms with van der Waals surface area (Å²) in [6.07, 6.45) is -4.16. The Hall–Kier alpha value is -2.51. The van der Waals surface area contributed by atoms with Crippen LogP contribution in [0, 0.1) is 11.3 Å². The zero-order valence-corrected chi connectivity index (χ0v) is 16.7. The summed E-state index contributed by atoms with van der Waals surface area (Å²) in [5.41, 5.74) is 2.57. The van der Waals surface area contributed by atoms with Crippen molar-refractivity contribution in [2.24, 2.45) is 0 Å². The molecule has 2 aliphatic rings. The molecule has 31 heavy (non-hydrogen) atoms. The van der Waals surface area contributed by atoms with Gasteiger partial charge in [0.2, 0.25) is 5.79 Å². The summed E-state index contributed by atoms with van der Waals surface area (Å²) in [5.74, 6) is -2.51. The first kappa shape index (κ1) is 21.7. The Balaban J connectivity index is 1.70. The normalized spacial score (nSPS) is 30.7. The first-order valence-electron chi connectivity index (χ1n) is 10.2. The first-order chi connectivity index (χ1) is 14.8. The molecule has 1 saturated carbocycles. The molecule has 8 heteroatoms. The molecule has 164 valence electrons. The molecule has 2 aromatic rings. The van der Waals surface area contributed by atoms with Crippen LogP contribution in [0.5, 0.6) is 5.75 Å². The number of nitrogens with zero attached hydrogens (tertiary/aromatic N) is 1. The van der Waals surface area contributed by atoms with E-state index in [2.05, 4.69) is 0 Å². The van der Waals surface area contributed by atoms with E-state index < -0.39 is 42.6 Å². The fourth-order valence-electron chi connectivity index (χ4n) is 4.09. The highest BCUT2D eigenvalue weighted by Crippen LogP contribution is 2.42. The van der Waals surface area contributed by atoms with E-state index in [1.54, 1.807) is 0 Å². The van der Waals surface area contributed by atoms with Crippen LogP contribution >= 0.6 is 0 Å². The highest BCUT2D eigenvalue weighted by Gasteiger charge is 2.54. The average Bonchev–Trinajstić information content (AvgIpc) is 3.61. The number of benzene rings is 2. The lowest BCUT2D eigenvalue weighted by molar-refractivity contribution is -0.358. The number of hydrogen-bond donors (Lipinski definition) is 6. The number of aliphatic hydroxyl groups excluding tert-OH is 4. The average molecular weight is 427 g/mol. The highest BCUT2D eigenvalue weighted by molar-refractivity contribution is 5.51. The molecule has 8 nitrogen and oxygen atoms in total. The van der Waals surface area contributed by atoms with Crippen LogP contribution in [0.2, 0.25) is 0 Å². The minimum Gasteiger partial charge on any atom is -0.507 e. The van der Waals surface area contributed by atoms with Crippen LogP contribution in [0.4, 0.5) is 0 Å². The molecule has 2 fully saturated rings. The van der Waals surface area contributed by atoms with Gasteiger partial charge in [0.15, 0.2) is 0 Å². The largest absolute Gasteiger partial charge is 0.507 e. The summed E-state index contributed by atoms with van der Waals surface area (Å²) in [5, 5.41) is 70.9. The third kappa shape index (κ3) is 3.92. The van der Waals surface area contributed by atoms with Crippen molar-refractivity contribution in [1.29, 1.82) is 5.26 Å². The van der Waals surface area contributed by atoms with Gasteiger partial charge in [-0.05, 0) is 54.0 Å². The first-order valence-corrected chi connectivity index (χ1v) is 10.2. The topological polar surface area (TPSA) is 154 Å². The summed E-state index contributed by atoms with van der Waals surface area (Å²) in [6.45, 7) is -0.732. The summed E-state index contributed by atoms with van der Waals surface area (Å²) >= 11 is 0. The lowest BCUT2D eigenvalue weighted by Crippen LogP contribution is -2.63. The Bertz CT molecular complexity index is 996. The predicted molar refractivity (Wildman–Crippen MR) is 108 cm³/mol.